The van der Waals surface area contributed by atoms with Crippen LogP contribution in [-0.4, -0.2) is 31.3 Å². The fourth-order valence-corrected chi connectivity index (χ4v) is 4.68. The Hall–Kier alpha value is -0.920. The van der Waals surface area contributed by atoms with Gasteiger partial charge in [-0.3, -0.25) is 4.79 Å². The maximum absolute atomic E-state index is 12.1. The predicted octanol–water partition coefficient (Wildman–Crippen LogP) is 1.51. The molecule has 5 nitrogen and oxygen atoms in total. The van der Waals surface area contributed by atoms with E-state index in [0.717, 1.165) is 0 Å². The molecular formula is C12H14BrNO4S. The van der Waals surface area contributed by atoms with E-state index in [9.17, 15) is 13.2 Å². The first-order chi connectivity index (χ1) is 8.87. The molecule has 0 heterocycles. The lowest BCUT2D eigenvalue weighted by atomic mass is 10.00. The molecule has 0 saturated heterocycles. The van der Waals surface area contributed by atoms with Gasteiger partial charge in [-0.1, -0.05) is 6.07 Å². The highest BCUT2D eigenvalue weighted by Gasteiger charge is 2.38. The summed E-state index contributed by atoms with van der Waals surface area (Å²) in [5.74, 6) is -1.85. The lowest BCUT2D eigenvalue weighted by molar-refractivity contribution is -0.138. The van der Waals surface area contributed by atoms with Crippen molar-refractivity contribution >= 4 is 31.7 Å². The highest BCUT2D eigenvalue weighted by atomic mass is 79.9. The number of hydrogen-bond acceptors (Lipinski definition) is 4. The van der Waals surface area contributed by atoms with Gasteiger partial charge in [-0.15, -0.1) is 0 Å². The monoisotopic (exact) mass is 347 g/mol. The molecule has 2 rings (SSSR count). The maximum Gasteiger partial charge on any atom is 0.312 e. The molecule has 1 unspecified atom stereocenters. The van der Waals surface area contributed by atoms with Gasteiger partial charge in [0.25, 0.3) is 0 Å². The van der Waals surface area contributed by atoms with Crippen LogP contribution in [0.4, 0.5) is 0 Å². The van der Waals surface area contributed by atoms with E-state index in [1.165, 1.54) is 18.2 Å². The molecule has 0 amide bonds. The van der Waals surface area contributed by atoms with E-state index in [1.54, 1.807) is 0 Å². The van der Waals surface area contributed by atoms with Crippen LogP contribution in [0.2, 0.25) is 0 Å². The molecule has 1 aromatic carbocycles. The summed E-state index contributed by atoms with van der Waals surface area (Å²) < 4.78 is 24.7. The number of carboxylic acids is 1. The molecule has 1 aliphatic rings. The van der Waals surface area contributed by atoms with Gasteiger partial charge in [-0.2, -0.15) is 0 Å². The van der Waals surface area contributed by atoms with Gasteiger partial charge < -0.3 is 10.8 Å². The third-order valence-corrected chi connectivity index (χ3v) is 6.40. The molecule has 0 aromatic heterocycles. The van der Waals surface area contributed by atoms with Crippen molar-refractivity contribution < 1.29 is 18.3 Å². The van der Waals surface area contributed by atoms with Crippen LogP contribution in [0.5, 0.6) is 0 Å². The van der Waals surface area contributed by atoms with E-state index in [4.69, 9.17) is 10.8 Å². The van der Waals surface area contributed by atoms with Crippen LogP contribution in [0, 0.1) is 0 Å². The molecule has 1 saturated carbocycles. The second-order valence-corrected chi connectivity index (χ2v) is 7.61. The van der Waals surface area contributed by atoms with Gasteiger partial charge in [0.1, 0.15) is 0 Å². The van der Waals surface area contributed by atoms with Crippen molar-refractivity contribution in [3.63, 3.8) is 0 Å². The van der Waals surface area contributed by atoms with Gasteiger partial charge in [0, 0.05) is 11.0 Å². The zero-order valence-electron chi connectivity index (χ0n) is 10.0. The van der Waals surface area contributed by atoms with E-state index in [1.807, 2.05) is 0 Å². The molecule has 0 spiro atoms. The molecule has 1 atom stereocenters. The summed E-state index contributed by atoms with van der Waals surface area (Å²) in [5.41, 5.74) is 5.92. The number of benzene rings is 1. The Balaban J connectivity index is 2.39. The maximum atomic E-state index is 12.1. The summed E-state index contributed by atoms with van der Waals surface area (Å²) in [6.45, 7) is -0.0313. The molecule has 0 aliphatic heterocycles. The number of aliphatic carboxylic acids is 1. The van der Waals surface area contributed by atoms with E-state index in [-0.39, 0.29) is 16.7 Å². The zero-order chi connectivity index (χ0) is 14.2. The topological polar surface area (TPSA) is 97.5 Å². The quantitative estimate of drug-likeness (QED) is 0.841. The number of carbonyl (C=O) groups is 1. The van der Waals surface area contributed by atoms with E-state index < -0.39 is 21.7 Å². The Morgan fingerprint density at radius 3 is 2.53 bits per heavy atom. The van der Waals surface area contributed by atoms with Gasteiger partial charge in [0.2, 0.25) is 0 Å². The van der Waals surface area contributed by atoms with Crippen molar-refractivity contribution in [2.75, 3.05) is 6.54 Å². The van der Waals surface area contributed by atoms with Gasteiger partial charge in [0.15, 0.2) is 9.84 Å². The summed E-state index contributed by atoms with van der Waals surface area (Å²) in [7, 11) is -3.29. The Kier molecular flexibility index (Phi) is 3.98. The SMILES string of the molecule is NCC(C(=O)O)c1ccc(S(=O)(=O)C2CC2)c(Br)c1. The van der Waals surface area contributed by atoms with Crippen molar-refractivity contribution in [1.82, 2.24) is 0 Å². The molecule has 1 aliphatic carbocycles. The lowest BCUT2D eigenvalue weighted by Gasteiger charge is -2.12. The minimum Gasteiger partial charge on any atom is -0.481 e. The molecule has 104 valence electrons. The zero-order valence-corrected chi connectivity index (χ0v) is 12.4. The third kappa shape index (κ3) is 2.82. The standard InChI is InChI=1S/C12H14BrNO4S/c13-10-5-7(9(6-14)12(15)16)1-4-11(10)19(17,18)8-2-3-8/h1,4-5,8-9H,2-3,6,14H2,(H,15,16). The van der Waals surface area contributed by atoms with Crippen LogP contribution in [0.1, 0.15) is 24.3 Å². The van der Waals surface area contributed by atoms with Crippen LogP contribution >= 0.6 is 15.9 Å². The number of rotatable bonds is 5. The number of carboxylic acid groups (broad SMARTS) is 1. The molecule has 0 radical (unpaired) electrons. The summed E-state index contributed by atoms with van der Waals surface area (Å²) in [4.78, 5) is 11.3. The number of nitrogens with two attached hydrogens (primary N) is 1. The summed E-state index contributed by atoms with van der Waals surface area (Å²) in [5, 5.41) is 8.74. The first kappa shape index (κ1) is 14.5. The normalized spacial score (nSPS) is 17.2. The first-order valence-electron chi connectivity index (χ1n) is 5.84. The Morgan fingerprint density at radius 1 is 1.47 bits per heavy atom. The molecule has 3 N–H and O–H groups in total. The van der Waals surface area contributed by atoms with E-state index in [0.29, 0.717) is 22.9 Å². The second-order valence-electron chi connectivity index (χ2n) is 4.56. The lowest BCUT2D eigenvalue weighted by Crippen LogP contribution is -2.21. The average Bonchev–Trinajstić information content (AvgIpc) is 3.12. The smallest absolute Gasteiger partial charge is 0.312 e. The minimum atomic E-state index is -3.29. The van der Waals surface area contributed by atoms with Gasteiger partial charge in [-0.05, 0) is 46.5 Å². The second kappa shape index (κ2) is 5.22. The fourth-order valence-electron chi connectivity index (χ4n) is 1.90. The third-order valence-electron chi connectivity index (χ3n) is 3.16. The Bertz CT molecular complexity index is 610. The summed E-state index contributed by atoms with van der Waals surface area (Å²) in [6, 6.07) is 4.51. The van der Waals surface area contributed by atoms with Crippen molar-refractivity contribution in [2.45, 2.75) is 28.9 Å². The van der Waals surface area contributed by atoms with E-state index >= 15 is 0 Å². The van der Waals surface area contributed by atoms with Gasteiger partial charge in [-0.25, -0.2) is 8.42 Å². The summed E-state index contributed by atoms with van der Waals surface area (Å²) >= 11 is 3.21. The molecular weight excluding hydrogens is 334 g/mol. The van der Waals surface area contributed by atoms with Crippen molar-refractivity contribution in [1.29, 1.82) is 0 Å². The molecule has 1 fully saturated rings. The fraction of sp³-hybridized carbons (Fsp3) is 0.417. The van der Waals surface area contributed by atoms with Gasteiger partial charge in [0.05, 0.1) is 16.1 Å². The van der Waals surface area contributed by atoms with Gasteiger partial charge >= 0.3 is 5.97 Å². The molecule has 7 heteroatoms. The molecule has 0 bridgehead atoms. The van der Waals surface area contributed by atoms with Crippen molar-refractivity contribution in [2.24, 2.45) is 5.73 Å². The van der Waals surface area contributed by atoms with Crippen LogP contribution in [0.15, 0.2) is 27.6 Å². The number of hydrogen-bond donors (Lipinski definition) is 2. The van der Waals surface area contributed by atoms with Crippen LogP contribution in [0.25, 0.3) is 0 Å². The minimum absolute atomic E-state index is 0.0313. The van der Waals surface area contributed by atoms with Crippen molar-refractivity contribution in [3.05, 3.63) is 28.2 Å². The Labute approximate surface area is 119 Å². The molecule has 19 heavy (non-hydrogen) atoms. The highest BCUT2D eigenvalue weighted by molar-refractivity contribution is 9.10. The largest absolute Gasteiger partial charge is 0.481 e. The number of sulfone groups is 1. The average molecular weight is 348 g/mol. The van der Waals surface area contributed by atoms with Crippen LogP contribution < -0.4 is 5.73 Å². The number of halogens is 1. The summed E-state index contributed by atoms with van der Waals surface area (Å²) in [6.07, 6.45) is 1.38. The Morgan fingerprint density at radius 2 is 2.11 bits per heavy atom. The first-order valence-corrected chi connectivity index (χ1v) is 8.18. The van der Waals surface area contributed by atoms with Crippen molar-refractivity contribution in [3.8, 4) is 0 Å². The highest BCUT2D eigenvalue weighted by Crippen LogP contribution is 2.37. The van der Waals surface area contributed by atoms with E-state index in [2.05, 4.69) is 15.9 Å². The van der Waals surface area contributed by atoms with Crippen LogP contribution in [-0.2, 0) is 14.6 Å². The predicted molar refractivity (Wildman–Crippen MR) is 73.8 cm³/mol. The molecule has 1 aromatic rings. The van der Waals surface area contributed by atoms with Crippen LogP contribution in [0.3, 0.4) is 0 Å².